The topological polar surface area (TPSA) is 83.5 Å². The van der Waals surface area contributed by atoms with Crippen LogP contribution in [0, 0.1) is 17.8 Å². The van der Waals surface area contributed by atoms with E-state index in [0.29, 0.717) is 13.0 Å². The molecule has 0 aromatic carbocycles. The smallest absolute Gasteiger partial charge is 0.330 e. The number of esters is 1. The molecule has 1 heterocycles. The van der Waals surface area contributed by atoms with E-state index in [-0.39, 0.29) is 55.4 Å². The van der Waals surface area contributed by atoms with E-state index < -0.39 is 5.79 Å². The first-order valence-corrected chi connectivity index (χ1v) is 11.1. The molecule has 30 heavy (non-hydrogen) atoms. The van der Waals surface area contributed by atoms with Crippen molar-refractivity contribution in [2.75, 3.05) is 27.1 Å². The van der Waals surface area contributed by atoms with E-state index in [2.05, 4.69) is 20.8 Å². The monoisotopic (exact) mass is 430 g/mol. The van der Waals surface area contributed by atoms with Crippen LogP contribution in [0.5, 0.6) is 0 Å². The molecule has 6 atom stereocenters. The van der Waals surface area contributed by atoms with Crippen LogP contribution in [-0.2, 0) is 28.5 Å². The van der Waals surface area contributed by atoms with Crippen molar-refractivity contribution in [2.24, 2.45) is 17.8 Å². The van der Waals surface area contributed by atoms with Gasteiger partial charge in [-0.1, -0.05) is 26.8 Å². The molecule has 0 aromatic rings. The van der Waals surface area contributed by atoms with Crippen LogP contribution in [0.1, 0.15) is 60.8 Å². The molecular formula is C23H42O7. The van der Waals surface area contributed by atoms with Gasteiger partial charge in [0.1, 0.15) is 6.79 Å². The Morgan fingerprint density at radius 3 is 2.53 bits per heavy atom. The zero-order valence-electron chi connectivity index (χ0n) is 19.8. The molecule has 7 heteroatoms. The van der Waals surface area contributed by atoms with Crippen LogP contribution in [-0.4, -0.2) is 62.3 Å². The second-order valence-corrected chi connectivity index (χ2v) is 8.63. The lowest BCUT2D eigenvalue weighted by molar-refractivity contribution is -0.312. The molecule has 1 rings (SSSR count). The summed E-state index contributed by atoms with van der Waals surface area (Å²) in [5.74, 6) is -0.542. The zero-order chi connectivity index (χ0) is 22.7. The Labute approximate surface area is 182 Å². The van der Waals surface area contributed by atoms with Crippen LogP contribution in [0.25, 0.3) is 0 Å². The summed E-state index contributed by atoms with van der Waals surface area (Å²) < 4.78 is 28.1. The molecule has 0 aromatic heterocycles. The number of aliphatic hydroxyl groups is 1. The second kappa shape index (κ2) is 13.4. The molecule has 1 fully saturated rings. The van der Waals surface area contributed by atoms with Gasteiger partial charge in [0.05, 0.1) is 31.5 Å². The van der Waals surface area contributed by atoms with Crippen LogP contribution < -0.4 is 0 Å². The maximum Gasteiger partial charge on any atom is 0.330 e. The highest BCUT2D eigenvalue weighted by molar-refractivity contribution is 5.81. The van der Waals surface area contributed by atoms with Crippen molar-refractivity contribution in [2.45, 2.75) is 84.9 Å². The standard InChI is InChI=1S/C23H42O7/c1-8-18(10-11-21(25)27-9-2)22(28-15-26-7)17(4)12-16(3)20-13-19(14-24)29-23(5,6)30-20/h10-11,16-20,22,24H,8-9,12-15H2,1-7H3/b11-10-/t16-,17-,18-,19+,20+,22-/m1/s1. The summed E-state index contributed by atoms with van der Waals surface area (Å²) in [5.41, 5.74) is 0. The van der Waals surface area contributed by atoms with Gasteiger partial charge in [0.2, 0.25) is 0 Å². The normalized spacial score (nSPS) is 25.6. The minimum atomic E-state index is -0.714. The van der Waals surface area contributed by atoms with Crippen LogP contribution in [0.4, 0.5) is 0 Å². The lowest BCUT2D eigenvalue weighted by Crippen LogP contribution is -2.48. The minimum Gasteiger partial charge on any atom is -0.463 e. The molecule has 176 valence electrons. The highest BCUT2D eigenvalue weighted by Gasteiger charge is 2.38. The van der Waals surface area contributed by atoms with Crippen LogP contribution in [0.3, 0.4) is 0 Å². The quantitative estimate of drug-likeness (QED) is 0.271. The highest BCUT2D eigenvalue weighted by Crippen LogP contribution is 2.34. The molecule has 0 unspecified atom stereocenters. The maximum atomic E-state index is 11.8. The van der Waals surface area contributed by atoms with Gasteiger partial charge in [-0.3, -0.25) is 0 Å². The fourth-order valence-corrected chi connectivity index (χ4v) is 4.21. The minimum absolute atomic E-state index is 0.00780. The number of methoxy groups -OCH3 is 1. The van der Waals surface area contributed by atoms with Crippen LogP contribution in [0.2, 0.25) is 0 Å². The van der Waals surface area contributed by atoms with Crippen molar-refractivity contribution >= 4 is 5.97 Å². The van der Waals surface area contributed by atoms with Crippen molar-refractivity contribution in [3.63, 3.8) is 0 Å². The van der Waals surface area contributed by atoms with E-state index in [1.165, 1.54) is 6.08 Å². The largest absolute Gasteiger partial charge is 0.463 e. The van der Waals surface area contributed by atoms with Crippen LogP contribution in [0.15, 0.2) is 12.2 Å². The second-order valence-electron chi connectivity index (χ2n) is 8.63. The predicted molar refractivity (Wildman–Crippen MR) is 115 cm³/mol. The molecule has 0 amide bonds. The van der Waals surface area contributed by atoms with Crippen molar-refractivity contribution in [1.82, 2.24) is 0 Å². The molecule has 1 saturated heterocycles. The number of ether oxygens (including phenoxy) is 5. The molecule has 1 aliphatic rings. The van der Waals surface area contributed by atoms with Crippen molar-refractivity contribution < 1.29 is 33.6 Å². The van der Waals surface area contributed by atoms with Crippen molar-refractivity contribution in [3.05, 3.63) is 12.2 Å². The molecule has 0 radical (unpaired) electrons. The Bertz CT molecular complexity index is 520. The third-order valence-corrected chi connectivity index (χ3v) is 5.56. The van der Waals surface area contributed by atoms with Gasteiger partial charge >= 0.3 is 5.97 Å². The van der Waals surface area contributed by atoms with E-state index in [1.807, 2.05) is 19.9 Å². The van der Waals surface area contributed by atoms with Crippen LogP contribution >= 0.6 is 0 Å². The first-order chi connectivity index (χ1) is 14.2. The van der Waals surface area contributed by atoms with E-state index in [4.69, 9.17) is 23.7 Å². The lowest BCUT2D eigenvalue weighted by atomic mass is 9.82. The van der Waals surface area contributed by atoms with E-state index in [0.717, 1.165) is 12.8 Å². The van der Waals surface area contributed by atoms with E-state index >= 15 is 0 Å². The Hall–Kier alpha value is -0.990. The van der Waals surface area contributed by atoms with E-state index in [1.54, 1.807) is 14.0 Å². The Morgan fingerprint density at radius 1 is 1.27 bits per heavy atom. The summed E-state index contributed by atoms with van der Waals surface area (Å²) in [5, 5.41) is 9.58. The molecule has 1 aliphatic heterocycles. The first kappa shape index (κ1) is 27.0. The number of hydrogen-bond acceptors (Lipinski definition) is 7. The molecule has 1 N–H and O–H groups in total. The van der Waals surface area contributed by atoms with Gasteiger partial charge < -0.3 is 28.8 Å². The Balaban J connectivity index is 2.85. The summed E-state index contributed by atoms with van der Waals surface area (Å²) in [7, 11) is 1.60. The average Bonchev–Trinajstić information content (AvgIpc) is 2.69. The van der Waals surface area contributed by atoms with Crippen molar-refractivity contribution in [1.29, 1.82) is 0 Å². The summed E-state index contributed by atoms with van der Waals surface area (Å²) >= 11 is 0. The Morgan fingerprint density at radius 2 is 1.97 bits per heavy atom. The summed E-state index contributed by atoms with van der Waals surface area (Å²) in [6.07, 6.45) is 5.41. The van der Waals surface area contributed by atoms with Gasteiger partial charge in [-0.2, -0.15) is 0 Å². The third kappa shape index (κ3) is 9.02. The summed E-state index contributed by atoms with van der Waals surface area (Å²) in [6.45, 7) is 12.5. The number of aliphatic hydroxyl groups excluding tert-OH is 1. The van der Waals surface area contributed by atoms with Crippen molar-refractivity contribution in [3.8, 4) is 0 Å². The SMILES string of the molecule is CCOC(=O)/C=C\[C@@H](CC)[C@H](OCOC)[C@H](C)C[C@@H](C)[C@@H]1C[C@@H](CO)OC(C)(C)O1. The molecule has 7 nitrogen and oxygen atoms in total. The number of carbonyl (C=O) groups is 1. The maximum absolute atomic E-state index is 11.8. The molecular weight excluding hydrogens is 388 g/mol. The van der Waals surface area contributed by atoms with Gasteiger partial charge in [0.25, 0.3) is 0 Å². The first-order valence-electron chi connectivity index (χ1n) is 11.1. The number of carbonyl (C=O) groups excluding carboxylic acids is 1. The van der Waals surface area contributed by atoms with Gasteiger partial charge in [-0.15, -0.1) is 0 Å². The number of hydrogen-bond donors (Lipinski definition) is 1. The van der Waals surface area contributed by atoms with Gasteiger partial charge in [0, 0.05) is 25.5 Å². The molecule has 0 bridgehead atoms. The fourth-order valence-electron chi connectivity index (χ4n) is 4.21. The van der Waals surface area contributed by atoms with Gasteiger partial charge in [0.15, 0.2) is 5.79 Å². The summed E-state index contributed by atoms with van der Waals surface area (Å²) in [4.78, 5) is 11.8. The molecule has 0 spiro atoms. The molecule has 0 saturated carbocycles. The van der Waals surface area contributed by atoms with Gasteiger partial charge in [-0.05, 0) is 45.4 Å². The van der Waals surface area contributed by atoms with E-state index in [9.17, 15) is 9.90 Å². The highest BCUT2D eigenvalue weighted by atomic mass is 16.7. The average molecular weight is 431 g/mol. The Kier molecular flexibility index (Phi) is 12.1. The fraction of sp³-hybridized carbons (Fsp3) is 0.870. The zero-order valence-corrected chi connectivity index (χ0v) is 19.8. The van der Waals surface area contributed by atoms with Gasteiger partial charge in [-0.25, -0.2) is 4.79 Å². The third-order valence-electron chi connectivity index (χ3n) is 5.56. The molecule has 0 aliphatic carbocycles. The summed E-state index contributed by atoms with van der Waals surface area (Å²) in [6, 6.07) is 0. The predicted octanol–water partition coefficient (Wildman–Crippen LogP) is 3.69. The number of rotatable bonds is 13. The lowest BCUT2D eigenvalue weighted by Gasteiger charge is -2.43.